The van der Waals surface area contributed by atoms with Crippen LogP contribution in [0, 0.1) is 0 Å². The average Bonchev–Trinajstić information content (AvgIpc) is 3.17. The lowest BCUT2D eigenvalue weighted by Gasteiger charge is -2.17. The van der Waals surface area contributed by atoms with Crippen LogP contribution in [-0.4, -0.2) is 5.78 Å². The quantitative estimate of drug-likeness (QED) is 0.0907. The maximum atomic E-state index is 12.6. The molecule has 0 saturated heterocycles. The van der Waals surface area contributed by atoms with E-state index in [1.54, 1.807) is 42.5 Å². The van der Waals surface area contributed by atoms with Gasteiger partial charge in [-0.25, -0.2) is 0 Å². The molecule has 6 N–H and O–H groups in total. The predicted molar refractivity (Wildman–Crippen MR) is 214 cm³/mol. The molecule has 0 aliphatic rings. The van der Waals surface area contributed by atoms with E-state index in [1.165, 1.54) is 11.1 Å². The molecule has 53 heavy (non-hydrogen) atoms. The van der Waals surface area contributed by atoms with E-state index in [9.17, 15) is 4.79 Å². The molecule has 0 aliphatic carbocycles. The summed E-state index contributed by atoms with van der Waals surface area (Å²) in [4.78, 5) is 12.6. The van der Waals surface area contributed by atoms with E-state index < -0.39 is 0 Å². The van der Waals surface area contributed by atoms with Crippen molar-refractivity contribution in [3.05, 3.63) is 198 Å². The number of hydrogen-bond acceptors (Lipinski definition) is 7. The molecular formula is C46H41N3O4. The Labute approximate surface area is 310 Å². The number of nitrogen functional groups attached to an aromatic ring is 3. The van der Waals surface area contributed by atoms with Gasteiger partial charge in [-0.15, -0.1) is 0 Å². The summed E-state index contributed by atoms with van der Waals surface area (Å²) in [6.45, 7) is 2.19. The second-order valence-corrected chi connectivity index (χ2v) is 12.3. The first-order chi connectivity index (χ1) is 25.8. The number of para-hydroxylation sites is 1. The molecule has 0 heterocycles. The van der Waals surface area contributed by atoms with E-state index in [4.69, 9.17) is 31.4 Å². The van der Waals surface area contributed by atoms with Crippen LogP contribution in [0.4, 0.5) is 17.1 Å². The molecule has 7 rings (SSSR count). The summed E-state index contributed by atoms with van der Waals surface area (Å²) in [5.74, 6) is 4.38. The van der Waals surface area contributed by atoms with Crippen molar-refractivity contribution in [2.45, 2.75) is 19.3 Å². The van der Waals surface area contributed by atoms with Gasteiger partial charge in [0, 0.05) is 46.7 Å². The highest BCUT2D eigenvalue weighted by atomic mass is 16.5. The van der Waals surface area contributed by atoms with E-state index in [0.717, 1.165) is 29.4 Å². The molecule has 0 unspecified atom stereocenters. The Kier molecular flexibility index (Phi) is 11.7. The Balaban J connectivity index is 0.000000192. The lowest BCUT2D eigenvalue weighted by atomic mass is 9.89. The van der Waals surface area contributed by atoms with Gasteiger partial charge in [-0.2, -0.15) is 0 Å². The second-order valence-electron chi connectivity index (χ2n) is 12.3. The lowest BCUT2D eigenvalue weighted by Crippen LogP contribution is -2.03. The average molecular weight is 700 g/mol. The normalized spacial score (nSPS) is 10.5. The zero-order chi connectivity index (χ0) is 37.0. The van der Waals surface area contributed by atoms with Crippen LogP contribution in [0.3, 0.4) is 0 Å². The summed E-state index contributed by atoms with van der Waals surface area (Å²) in [6, 6.07) is 54.8. The van der Waals surface area contributed by atoms with Crippen LogP contribution in [-0.2, 0) is 0 Å². The van der Waals surface area contributed by atoms with Gasteiger partial charge in [0.2, 0.25) is 0 Å². The minimum atomic E-state index is -0.0693. The minimum Gasteiger partial charge on any atom is -0.457 e. The second kappa shape index (κ2) is 17.3. The molecule has 0 atom stereocenters. The molecule has 7 aromatic carbocycles. The third kappa shape index (κ3) is 9.84. The summed E-state index contributed by atoms with van der Waals surface area (Å²) in [5.41, 5.74) is 23.0. The Hall–Kier alpha value is -6.99. The van der Waals surface area contributed by atoms with Crippen molar-refractivity contribution < 1.29 is 19.0 Å². The van der Waals surface area contributed by atoms with Crippen LogP contribution in [0.25, 0.3) is 0 Å². The van der Waals surface area contributed by atoms with Crippen molar-refractivity contribution in [3.63, 3.8) is 0 Å². The molecule has 7 nitrogen and oxygen atoms in total. The van der Waals surface area contributed by atoms with Crippen LogP contribution < -0.4 is 31.4 Å². The van der Waals surface area contributed by atoms with Gasteiger partial charge in [0.1, 0.15) is 34.5 Å². The van der Waals surface area contributed by atoms with Crippen molar-refractivity contribution in [3.8, 4) is 34.5 Å². The van der Waals surface area contributed by atoms with Crippen LogP contribution in [0.1, 0.15) is 46.3 Å². The van der Waals surface area contributed by atoms with Gasteiger partial charge in [-0.1, -0.05) is 91.9 Å². The molecule has 0 fully saturated rings. The third-order valence-corrected chi connectivity index (χ3v) is 8.41. The SMILES string of the molecule is CCC(c1ccc(Oc2cccc(N)c2)cc1)c1ccc(Oc2cccc(N)c2)cc1.Nc1cccc(Oc2ccccc2C(=O)c2ccccc2)c1. The maximum absolute atomic E-state index is 12.6. The summed E-state index contributed by atoms with van der Waals surface area (Å²) < 4.78 is 17.6. The maximum Gasteiger partial charge on any atom is 0.196 e. The zero-order valence-corrected chi connectivity index (χ0v) is 29.4. The first-order valence-corrected chi connectivity index (χ1v) is 17.3. The molecule has 0 aromatic heterocycles. The van der Waals surface area contributed by atoms with Crippen LogP contribution in [0.2, 0.25) is 0 Å². The van der Waals surface area contributed by atoms with Gasteiger partial charge >= 0.3 is 0 Å². The number of hydrogen-bond donors (Lipinski definition) is 3. The van der Waals surface area contributed by atoms with E-state index in [0.29, 0.717) is 45.6 Å². The van der Waals surface area contributed by atoms with Gasteiger partial charge < -0.3 is 31.4 Å². The smallest absolute Gasteiger partial charge is 0.196 e. The highest BCUT2D eigenvalue weighted by Crippen LogP contribution is 2.33. The first-order valence-electron chi connectivity index (χ1n) is 17.3. The summed E-state index contributed by atoms with van der Waals surface area (Å²) in [6.07, 6.45) is 0.991. The van der Waals surface area contributed by atoms with E-state index in [2.05, 4.69) is 31.2 Å². The topological polar surface area (TPSA) is 123 Å². The van der Waals surface area contributed by atoms with E-state index in [-0.39, 0.29) is 5.78 Å². The van der Waals surface area contributed by atoms with E-state index in [1.807, 2.05) is 109 Å². The van der Waals surface area contributed by atoms with E-state index >= 15 is 0 Å². The highest BCUT2D eigenvalue weighted by Gasteiger charge is 2.15. The Morgan fingerprint density at radius 3 is 1.36 bits per heavy atom. The number of carbonyl (C=O) groups is 1. The number of nitrogens with two attached hydrogens (primary N) is 3. The zero-order valence-electron chi connectivity index (χ0n) is 29.4. The monoisotopic (exact) mass is 699 g/mol. The Bertz CT molecular complexity index is 2160. The number of ether oxygens (including phenoxy) is 3. The molecule has 7 aromatic rings. The van der Waals surface area contributed by atoms with Crippen molar-refractivity contribution in [1.82, 2.24) is 0 Å². The van der Waals surface area contributed by atoms with Crippen LogP contribution >= 0.6 is 0 Å². The van der Waals surface area contributed by atoms with Gasteiger partial charge in [-0.3, -0.25) is 4.79 Å². The fraction of sp³-hybridized carbons (Fsp3) is 0.0652. The predicted octanol–water partition coefficient (Wildman–Crippen LogP) is 11.3. The number of benzene rings is 7. The summed E-state index contributed by atoms with van der Waals surface area (Å²) in [5, 5.41) is 0. The molecule has 0 spiro atoms. The van der Waals surface area contributed by atoms with Crippen molar-refractivity contribution in [2.24, 2.45) is 0 Å². The largest absolute Gasteiger partial charge is 0.457 e. The first kappa shape index (κ1) is 35.8. The van der Waals surface area contributed by atoms with Gasteiger partial charge in [-0.05, 0) is 90.3 Å². The standard InChI is InChI=1S/C27H26N2O2.C19H15NO2/c1-2-27(19-9-13-23(14-10-19)30-25-7-3-5-21(28)17-25)20-11-15-24(16-12-20)31-26-8-4-6-22(29)18-26;20-15-9-6-10-16(13-15)22-18-12-5-4-11-17(18)19(21)14-7-2-1-3-8-14/h3-18,27H,2,28-29H2,1H3;1-13H,20H2. The van der Waals surface area contributed by atoms with Crippen molar-refractivity contribution >= 4 is 22.8 Å². The molecule has 264 valence electrons. The highest BCUT2D eigenvalue weighted by molar-refractivity contribution is 6.10. The molecule has 0 aliphatic heterocycles. The minimum absolute atomic E-state index is 0.0693. The summed E-state index contributed by atoms with van der Waals surface area (Å²) >= 11 is 0. The molecule has 7 heteroatoms. The van der Waals surface area contributed by atoms with Crippen LogP contribution in [0.5, 0.6) is 34.5 Å². The molecular weight excluding hydrogens is 659 g/mol. The van der Waals surface area contributed by atoms with Gasteiger partial charge in [0.05, 0.1) is 5.56 Å². The fourth-order valence-corrected chi connectivity index (χ4v) is 5.82. The fourth-order valence-electron chi connectivity index (χ4n) is 5.82. The van der Waals surface area contributed by atoms with Gasteiger partial charge in [0.15, 0.2) is 5.78 Å². The molecule has 0 saturated carbocycles. The molecule has 0 radical (unpaired) electrons. The third-order valence-electron chi connectivity index (χ3n) is 8.41. The Morgan fingerprint density at radius 2 is 0.906 bits per heavy atom. The number of carbonyl (C=O) groups excluding carboxylic acids is 1. The van der Waals surface area contributed by atoms with Crippen molar-refractivity contribution in [2.75, 3.05) is 17.2 Å². The Morgan fingerprint density at radius 1 is 0.472 bits per heavy atom. The van der Waals surface area contributed by atoms with Crippen LogP contribution in [0.15, 0.2) is 176 Å². The number of rotatable bonds is 11. The molecule has 0 amide bonds. The number of anilines is 3. The number of ketones is 1. The lowest BCUT2D eigenvalue weighted by molar-refractivity contribution is 0.103. The van der Waals surface area contributed by atoms with Gasteiger partial charge in [0.25, 0.3) is 0 Å². The summed E-state index contributed by atoms with van der Waals surface area (Å²) in [7, 11) is 0. The molecule has 0 bridgehead atoms. The van der Waals surface area contributed by atoms with Crippen molar-refractivity contribution in [1.29, 1.82) is 0 Å².